The summed E-state index contributed by atoms with van der Waals surface area (Å²) >= 11 is 1.42. The number of allylic oxidation sites excluding steroid dienone is 3. The molecule has 2 nitrogen and oxygen atoms in total. The van der Waals surface area contributed by atoms with Gasteiger partial charge in [-0.2, -0.15) is 0 Å². The molecule has 3 heteroatoms. The van der Waals surface area contributed by atoms with E-state index in [1.165, 1.54) is 17.3 Å². The van der Waals surface area contributed by atoms with Gasteiger partial charge in [-0.1, -0.05) is 50.8 Å². The van der Waals surface area contributed by atoms with Crippen LogP contribution in [0.3, 0.4) is 0 Å². The quantitative estimate of drug-likeness (QED) is 0.708. The van der Waals surface area contributed by atoms with Crippen molar-refractivity contribution < 1.29 is 4.79 Å². The Bertz CT molecular complexity index is 541. The van der Waals surface area contributed by atoms with Crippen LogP contribution in [-0.2, 0) is 4.79 Å². The Balaban J connectivity index is 2.43. The summed E-state index contributed by atoms with van der Waals surface area (Å²) in [6, 6.07) is 7.96. The maximum Gasteiger partial charge on any atom is 0.234 e. The number of carbonyl (C=O) groups excluding carboxylic acids is 1. The van der Waals surface area contributed by atoms with Crippen LogP contribution in [0.15, 0.2) is 60.1 Å². The number of benzene rings is 1. The van der Waals surface area contributed by atoms with Crippen molar-refractivity contribution in [3.05, 3.63) is 65.6 Å². The molecule has 0 bridgehead atoms. The molecule has 1 rings (SSSR count). The predicted molar refractivity (Wildman–Crippen MR) is 94.7 cm³/mol. The largest absolute Gasteiger partial charge is 0.325 e. The van der Waals surface area contributed by atoms with Gasteiger partial charge in [-0.25, -0.2) is 0 Å². The van der Waals surface area contributed by atoms with Crippen LogP contribution in [0.2, 0.25) is 0 Å². The zero-order valence-corrected chi connectivity index (χ0v) is 13.8. The third-order valence-electron chi connectivity index (χ3n) is 2.80. The lowest BCUT2D eigenvalue weighted by molar-refractivity contribution is -0.113. The summed E-state index contributed by atoms with van der Waals surface area (Å²) in [5.74, 6) is 0.821. The second-order valence-electron chi connectivity index (χ2n) is 5.26. The van der Waals surface area contributed by atoms with Crippen LogP contribution in [0.4, 0.5) is 5.69 Å². The Hall–Kier alpha value is -1.74. The Morgan fingerprint density at radius 3 is 2.38 bits per heavy atom. The van der Waals surface area contributed by atoms with Gasteiger partial charge in [0.05, 0.1) is 5.75 Å². The fraction of sp³-hybridized carbons (Fsp3) is 0.278. The van der Waals surface area contributed by atoms with Gasteiger partial charge in [0.2, 0.25) is 5.91 Å². The second-order valence-corrected chi connectivity index (χ2v) is 6.36. The maximum atomic E-state index is 11.9. The lowest BCUT2D eigenvalue weighted by Gasteiger charge is -2.08. The third kappa shape index (κ3) is 7.00. The average molecular weight is 301 g/mol. The number of amides is 1. The van der Waals surface area contributed by atoms with Gasteiger partial charge in [-0.3, -0.25) is 4.79 Å². The molecule has 0 aliphatic carbocycles. The van der Waals surface area contributed by atoms with Crippen LogP contribution in [0.5, 0.6) is 0 Å². The molecule has 1 amide bonds. The van der Waals surface area contributed by atoms with Gasteiger partial charge in [-0.05, 0) is 36.6 Å². The average Bonchev–Trinajstić information content (AvgIpc) is 2.43. The van der Waals surface area contributed by atoms with Crippen LogP contribution in [-0.4, -0.2) is 11.7 Å². The Morgan fingerprint density at radius 1 is 1.24 bits per heavy atom. The number of anilines is 1. The Labute approximate surface area is 132 Å². The molecule has 112 valence electrons. The van der Waals surface area contributed by atoms with E-state index in [4.69, 9.17) is 0 Å². The van der Waals surface area contributed by atoms with Gasteiger partial charge >= 0.3 is 0 Å². The summed E-state index contributed by atoms with van der Waals surface area (Å²) in [4.78, 5) is 12.7. The first-order valence-corrected chi connectivity index (χ1v) is 7.92. The van der Waals surface area contributed by atoms with E-state index in [0.29, 0.717) is 11.7 Å². The van der Waals surface area contributed by atoms with Crippen molar-refractivity contribution in [2.45, 2.75) is 26.7 Å². The van der Waals surface area contributed by atoms with Gasteiger partial charge < -0.3 is 5.32 Å². The second kappa shape index (κ2) is 8.53. The summed E-state index contributed by atoms with van der Waals surface area (Å²) in [7, 11) is 0. The van der Waals surface area contributed by atoms with Gasteiger partial charge in [0.25, 0.3) is 0 Å². The van der Waals surface area contributed by atoms with Crippen molar-refractivity contribution in [2.24, 2.45) is 0 Å². The molecule has 0 fully saturated rings. The van der Waals surface area contributed by atoms with Crippen LogP contribution in [0.1, 0.15) is 32.3 Å². The first-order valence-electron chi connectivity index (χ1n) is 6.93. The number of rotatable bonds is 7. The van der Waals surface area contributed by atoms with Gasteiger partial charge in [-0.15, -0.1) is 11.8 Å². The molecule has 0 unspecified atom stereocenters. The smallest absolute Gasteiger partial charge is 0.234 e. The minimum Gasteiger partial charge on any atom is -0.325 e. The molecule has 0 aliphatic rings. The highest BCUT2D eigenvalue weighted by molar-refractivity contribution is 8.03. The molecule has 0 atom stereocenters. The lowest BCUT2D eigenvalue weighted by atomic mass is 10.0. The molecule has 0 saturated heterocycles. The van der Waals surface area contributed by atoms with Crippen molar-refractivity contribution in [1.29, 1.82) is 0 Å². The van der Waals surface area contributed by atoms with Crippen LogP contribution < -0.4 is 5.32 Å². The minimum absolute atomic E-state index is 0.0258. The van der Waals surface area contributed by atoms with Crippen molar-refractivity contribution in [3.8, 4) is 0 Å². The molecule has 0 aromatic heterocycles. The van der Waals surface area contributed by atoms with Gasteiger partial charge in [0.15, 0.2) is 0 Å². The maximum absolute atomic E-state index is 11.9. The van der Waals surface area contributed by atoms with Crippen molar-refractivity contribution in [1.82, 2.24) is 0 Å². The number of nitrogens with one attached hydrogen (secondary N) is 1. The summed E-state index contributed by atoms with van der Waals surface area (Å²) < 4.78 is 0. The molecule has 0 radical (unpaired) electrons. The molecule has 1 aromatic rings. The fourth-order valence-corrected chi connectivity index (χ4v) is 2.14. The van der Waals surface area contributed by atoms with E-state index in [9.17, 15) is 4.79 Å². The molecule has 1 N–H and O–H groups in total. The van der Waals surface area contributed by atoms with Gasteiger partial charge in [0, 0.05) is 10.6 Å². The van der Waals surface area contributed by atoms with E-state index in [1.807, 2.05) is 43.3 Å². The molecule has 1 aromatic carbocycles. The van der Waals surface area contributed by atoms with E-state index >= 15 is 0 Å². The molecule has 0 heterocycles. The molecular formula is C18H23NOS. The number of thioether (sulfide) groups is 1. The van der Waals surface area contributed by atoms with Crippen LogP contribution in [0, 0.1) is 0 Å². The minimum atomic E-state index is -0.0258. The highest BCUT2D eigenvalue weighted by Crippen LogP contribution is 2.19. The van der Waals surface area contributed by atoms with Crippen molar-refractivity contribution >= 4 is 23.4 Å². The zero-order chi connectivity index (χ0) is 15.8. The highest BCUT2D eigenvalue weighted by Gasteiger charge is 2.04. The molecule has 0 aliphatic heterocycles. The topological polar surface area (TPSA) is 29.1 Å². The highest BCUT2D eigenvalue weighted by atomic mass is 32.2. The molecule has 21 heavy (non-hydrogen) atoms. The van der Waals surface area contributed by atoms with Gasteiger partial charge in [0.1, 0.15) is 0 Å². The lowest BCUT2D eigenvalue weighted by Crippen LogP contribution is -2.13. The number of hydrogen-bond donors (Lipinski definition) is 1. The number of hydrogen-bond acceptors (Lipinski definition) is 2. The van der Waals surface area contributed by atoms with E-state index in [1.54, 1.807) is 0 Å². The summed E-state index contributed by atoms with van der Waals surface area (Å²) in [5.41, 5.74) is 3.06. The Morgan fingerprint density at radius 2 is 1.86 bits per heavy atom. The summed E-state index contributed by atoms with van der Waals surface area (Å²) in [6.45, 7) is 13.9. The van der Waals surface area contributed by atoms with E-state index in [0.717, 1.165) is 16.2 Å². The van der Waals surface area contributed by atoms with E-state index in [-0.39, 0.29) is 5.91 Å². The van der Waals surface area contributed by atoms with Crippen molar-refractivity contribution in [3.63, 3.8) is 0 Å². The monoisotopic (exact) mass is 301 g/mol. The summed E-state index contributed by atoms with van der Waals surface area (Å²) in [6.07, 6.45) is 3.76. The zero-order valence-electron chi connectivity index (χ0n) is 13.0. The molecule has 0 saturated carbocycles. The molecule has 0 spiro atoms. The van der Waals surface area contributed by atoms with E-state index < -0.39 is 0 Å². The normalized spacial score (nSPS) is 10.9. The van der Waals surface area contributed by atoms with Crippen LogP contribution >= 0.6 is 11.8 Å². The first kappa shape index (κ1) is 17.3. The fourth-order valence-electron chi connectivity index (χ4n) is 1.59. The SMILES string of the molecule is C=C(C)/C=C\C(=C)SCC(=O)Nc1ccc(C(C)C)cc1. The van der Waals surface area contributed by atoms with E-state index in [2.05, 4.69) is 32.3 Å². The number of carbonyl (C=O) groups is 1. The van der Waals surface area contributed by atoms with Crippen LogP contribution in [0.25, 0.3) is 0 Å². The third-order valence-corrected chi connectivity index (χ3v) is 3.72. The predicted octanol–water partition coefficient (Wildman–Crippen LogP) is 5.13. The Kier molecular flexibility index (Phi) is 7.03. The summed E-state index contributed by atoms with van der Waals surface area (Å²) in [5, 5.41) is 2.89. The standard InChI is InChI=1S/C18H23NOS/c1-13(2)6-7-15(5)21-12-18(20)19-17-10-8-16(9-11-17)14(3)4/h6-11,14H,1,5,12H2,2-4H3,(H,19,20)/b7-6-. The molecular weight excluding hydrogens is 278 g/mol. The first-order chi connectivity index (χ1) is 9.88. The van der Waals surface area contributed by atoms with Crippen molar-refractivity contribution in [2.75, 3.05) is 11.1 Å².